The first-order valence-electron chi connectivity index (χ1n) is 5.68. The Kier molecular flexibility index (Phi) is 6.41. The molecule has 1 N–H and O–H groups in total. The summed E-state index contributed by atoms with van der Waals surface area (Å²) in [5.74, 6) is 0. The van der Waals surface area contributed by atoms with Crippen LogP contribution in [0.15, 0.2) is 17.0 Å². The van der Waals surface area contributed by atoms with Crippen LogP contribution in [0.3, 0.4) is 0 Å². The number of likely N-dealkylation sites (N-methyl/N-ethyl adjacent to an activating group) is 1. The van der Waals surface area contributed by atoms with E-state index in [1.54, 1.807) is 0 Å². The zero-order valence-corrected chi connectivity index (χ0v) is 14.5. The first kappa shape index (κ1) is 18.3. The summed E-state index contributed by atoms with van der Waals surface area (Å²) in [4.78, 5) is -0.0722. The molecule has 1 saturated heterocycles. The molecule has 1 aliphatic heterocycles. The van der Waals surface area contributed by atoms with Crippen molar-refractivity contribution < 1.29 is 8.42 Å². The SMILES string of the molecule is CNC1CCN(S(=O)(=O)c2c(Cl)cc(Cl)cc2Cl)C1.Cl. The van der Waals surface area contributed by atoms with Gasteiger partial charge in [-0.3, -0.25) is 0 Å². The standard InChI is InChI=1S/C11H13Cl3N2O2S.ClH/c1-15-8-2-3-16(6-8)19(17,18)11-9(13)4-7(12)5-10(11)14;/h4-5,8,15H,2-3,6H2,1H3;1H. The van der Waals surface area contributed by atoms with Crippen LogP contribution in [-0.2, 0) is 10.0 Å². The summed E-state index contributed by atoms with van der Waals surface area (Å²) in [6, 6.07) is 2.92. The quantitative estimate of drug-likeness (QED) is 0.877. The van der Waals surface area contributed by atoms with Crippen molar-refractivity contribution in [1.29, 1.82) is 0 Å². The average Bonchev–Trinajstić information content (AvgIpc) is 2.75. The lowest BCUT2D eigenvalue weighted by Crippen LogP contribution is -2.33. The molecule has 0 radical (unpaired) electrons. The molecule has 9 heteroatoms. The third-order valence-electron chi connectivity index (χ3n) is 3.12. The molecule has 1 unspecified atom stereocenters. The molecule has 0 aromatic heterocycles. The maximum atomic E-state index is 12.5. The van der Waals surface area contributed by atoms with E-state index < -0.39 is 10.0 Å². The third-order valence-corrected chi connectivity index (χ3v) is 6.13. The van der Waals surface area contributed by atoms with Gasteiger partial charge in [0.25, 0.3) is 0 Å². The Morgan fingerprint density at radius 1 is 1.25 bits per heavy atom. The molecule has 1 aromatic rings. The van der Waals surface area contributed by atoms with Gasteiger partial charge < -0.3 is 5.32 Å². The van der Waals surface area contributed by atoms with Crippen LogP contribution in [0.5, 0.6) is 0 Å². The number of benzene rings is 1. The fraction of sp³-hybridized carbons (Fsp3) is 0.455. The maximum Gasteiger partial charge on any atom is 0.246 e. The Balaban J connectivity index is 0.00000200. The number of hydrogen-bond donors (Lipinski definition) is 1. The highest BCUT2D eigenvalue weighted by Gasteiger charge is 2.34. The van der Waals surface area contributed by atoms with E-state index in [-0.39, 0.29) is 33.4 Å². The molecule has 0 saturated carbocycles. The molecule has 1 heterocycles. The number of rotatable bonds is 3. The van der Waals surface area contributed by atoms with Gasteiger partial charge in [0.2, 0.25) is 10.0 Å². The fourth-order valence-corrected chi connectivity index (χ4v) is 5.08. The van der Waals surface area contributed by atoms with E-state index in [0.717, 1.165) is 6.42 Å². The van der Waals surface area contributed by atoms with E-state index in [9.17, 15) is 8.42 Å². The number of nitrogens with zero attached hydrogens (tertiary/aromatic N) is 1. The van der Waals surface area contributed by atoms with Crippen molar-refractivity contribution in [2.24, 2.45) is 0 Å². The van der Waals surface area contributed by atoms with Crippen LogP contribution in [0.25, 0.3) is 0 Å². The highest BCUT2D eigenvalue weighted by Crippen LogP contribution is 2.35. The molecule has 1 aromatic carbocycles. The molecule has 1 fully saturated rings. The van der Waals surface area contributed by atoms with Crippen LogP contribution >= 0.6 is 47.2 Å². The topological polar surface area (TPSA) is 49.4 Å². The molecule has 1 aliphatic rings. The van der Waals surface area contributed by atoms with Gasteiger partial charge in [-0.2, -0.15) is 4.31 Å². The Morgan fingerprint density at radius 2 is 1.80 bits per heavy atom. The van der Waals surface area contributed by atoms with Crippen molar-refractivity contribution in [3.63, 3.8) is 0 Å². The second-order valence-electron chi connectivity index (χ2n) is 4.34. The van der Waals surface area contributed by atoms with Gasteiger partial charge >= 0.3 is 0 Å². The molecule has 1 atom stereocenters. The predicted molar refractivity (Wildman–Crippen MR) is 84.9 cm³/mol. The van der Waals surface area contributed by atoms with Gasteiger partial charge in [0.15, 0.2) is 0 Å². The van der Waals surface area contributed by atoms with Gasteiger partial charge in [-0.1, -0.05) is 34.8 Å². The first-order valence-corrected chi connectivity index (χ1v) is 8.25. The van der Waals surface area contributed by atoms with E-state index in [1.165, 1.54) is 16.4 Å². The van der Waals surface area contributed by atoms with Crippen molar-refractivity contribution in [2.45, 2.75) is 17.4 Å². The molecular formula is C11H14Cl4N2O2S. The van der Waals surface area contributed by atoms with Crippen LogP contribution in [0.1, 0.15) is 6.42 Å². The molecular weight excluding hydrogens is 366 g/mol. The lowest BCUT2D eigenvalue weighted by Gasteiger charge is -2.18. The largest absolute Gasteiger partial charge is 0.316 e. The zero-order valence-electron chi connectivity index (χ0n) is 10.6. The van der Waals surface area contributed by atoms with Gasteiger partial charge in [0, 0.05) is 24.2 Å². The maximum absolute atomic E-state index is 12.5. The van der Waals surface area contributed by atoms with E-state index in [2.05, 4.69) is 5.32 Å². The van der Waals surface area contributed by atoms with Gasteiger partial charge in [0.1, 0.15) is 4.90 Å². The smallest absolute Gasteiger partial charge is 0.246 e. The van der Waals surface area contributed by atoms with E-state index in [4.69, 9.17) is 34.8 Å². The van der Waals surface area contributed by atoms with Crippen molar-refractivity contribution >= 4 is 57.2 Å². The second-order valence-corrected chi connectivity index (χ2v) is 7.46. The highest BCUT2D eigenvalue weighted by molar-refractivity contribution is 7.89. The number of halogens is 4. The van der Waals surface area contributed by atoms with Crippen molar-refractivity contribution in [3.8, 4) is 0 Å². The van der Waals surface area contributed by atoms with E-state index >= 15 is 0 Å². The molecule has 2 rings (SSSR count). The summed E-state index contributed by atoms with van der Waals surface area (Å²) in [6.45, 7) is 0.858. The van der Waals surface area contributed by atoms with Crippen LogP contribution in [-0.4, -0.2) is 38.9 Å². The molecule has 0 bridgehead atoms. The summed E-state index contributed by atoms with van der Waals surface area (Å²) in [6.07, 6.45) is 0.762. The Morgan fingerprint density at radius 3 is 2.25 bits per heavy atom. The normalized spacial score (nSPS) is 19.9. The Hall–Kier alpha value is 0.250. The average molecular weight is 380 g/mol. The predicted octanol–water partition coefficient (Wildman–Crippen LogP) is 3.05. The van der Waals surface area contributed by atoms with Crippen molar-refractivity contribution in [2.75, 3.05) is 20.1 Å². The molecule has 0 amide bonds. The van der Waals surface area contributed by atoms with Gasteiger partial charge in [-0.05, 0) is 25.6 Å². The monoisotopic (exact) mass is 378 g/mol. The minimum Gasteiger partial charge on any atom is -0.316 e. The molecule has 0 spiro atoms. The van der Waals surface area contributed by atoms with E-state index in [1.807, 2.05) is 7.05 Å². The minimum absolute atomic E-state index is 0. The Labute approximate surface area is 139 Å². The summed E-state index contributed by atoms with van der Waals surface area (Å²) in [7, 11) is -1.88. The third kappa shape index (κ3) is 3.53. The summed E-state index contributed by atoms with van der Waals surface area (Å²) >= 11 is 17.7. The second kappa shape index (κ2) is 7.01. The lowest BCUT2D eigenvalue weighted by molar-refractivity contribution is 0.464. The van der Waals surface area contributed by atoms with Gasteiger partial charge in [-0.25, -0.2) is 8.42 Å². The van der Waals surface area contributed by atoms with Crippen LogP contribution in [0.4, 0.5) is 0 Å². The summed E-state index contributed by atoms with van der Waals surface area (Å²) in [5.41, 5.74) is 0. The van der Waals surface area contributed by atoms with Gasteiger partial charge in [0.05, 0.1) is 10.0 Å². The number of hydrogen-bond acceptors (Lipinski definition) is 3. The van der Waals surface area contributed by atoms with Crippen LogP contribution in [0.2, 0.25) is 15.1 Å². The molecule has 20 heavy (non-hydrogen) atoms. The molecule has 4 nitrogen and oxygen atoms in total. The van der Waals surface area contributed by atoms with E-state index in [0.29, 0.717) is 18.1 Å². The lowest BCUT2D eigenvalue weighted by atomic mass is 10.3. The van der Waals surface area contributed by atoms with Crippen molar-refractivity contribution in [1.82, 2.24) is 9.62 Å². The minimum atomic E-state index is -3.69. The van der Waals surface area contributed by atoms with Crippen molar-refractivity contribution in [3.05, 3.63) is 27.2 Å². The number of nitrogens with one attached hydrogen (secondary N) is 1. The Bertz CT molecular complexity index is 571. The fourth-order valence-electron chi connectivity index (χ4n) is 2.09. The van der Waals surface area contributed by atoms with Crippen LogP contribution < -0.4 is 5.32 Å². The summed E-state index contributed by atoms with van der Waals surface area (Å²) in [5, 5.41) is 3.46. The molecule has 0 aliphatic carbocycles. The summed E-state index contributed by atoms with van der Waals surface area (Å²) < 4.78 is 26.5. The van der Waals surface area contributed by atoms with Gasteiger partial charge in [-0.15, -0.1) is 12.4 Å². The molecule has 114 valence electrons. The zero-order chi connectivity index (χ0) is 14.2. The number of sulfonamides is 1. The first-order chi connectivity index (χ1) is 8.86. The van der Waals surface area contributed by atoms with Crippen LogP contribution in [0, 0.1) is 0 Å². The highest BCUT2D eigenvalue weighted by atomic mass is 35.5.